The van der Waals surface area contributed by atoms with Crippen LogP contribution in [0.25, 0.3) is 5.78 Å². The second kappa shape index (κ2) is 7.91. The van der Waals surface area contributed by atoms with Gasteiger partial charge in [0.1, 0.15) is 5.75 Å². The minimum absolute atomic E-state index is 0.0383. The molecule has 0 saturated heterocycles. The third kappa shape index (κ3) is 3.45. The van der Waals surface area contributed by atoms with E-state index in [2.05, 4.69) is 27.2 Å². The van der Waals surface area contributed by atoms with Gasteiger partial charge in [0, 0.05) is 24.3 Å². The number of methoxy groups -OCH3 is 1. The Balaban J connectivity index is 1.48. The lowest BCUT2D eigenvalue weighted by molar-refractivity contribution is 0.0961. The quantitative estimate of drug-likeness (QED) is 0.451. The van der Waals surface area contributed by atoms with E-state index < -0.39 is 0 Å². The molecule has 4 aromatic rings. The van der Waals surface area contributed by atoms with Gasteiger partial charge in [0.15, 0.2) is 5.78 Å². The van der Waals surface area contributed by atoms with Gasteiger partial charge in [-0.1, -0.05) is 60.3 Å². The van der Waals surface area contributed by atoms with Gasteiger partial charge in [0.25, 0.3) is 5.78 Å². The molecular formula is C23H20N4O2S. The molecule has 5 rings (SSSR count). The van der Waals surface area contributed by atoms with Crippen LogP contribution >= 0.6 is 11.8 Å². The first kappa shape index (κ1) is 18.8. The number of benzene rings is 2. The van der Waals surface area contributed by atoms with E-state index in [0.29, 0.717) is 29.3 Å². The summed E-state index contributed by atoms with van der Waals surface area (Å²) in [5, 5.41) is 5.33. The fourth-order valence-corrected chi connectivity index (χ4v) is 4.71. The van der Waals surface area contributed by atoms with Crippen molar-refractivity contribution >= 4 is 23.3 Å². The Labute approximate surface area is 178 Å². The van der Waals surface area contributed by atoms with Crippen LogP contribution in [-0.2, 0) is 12.2 Å². The molecule has 1 aliphatic carbocycles. The molecular weight excluding hydrogens is 396 g/mol. The lowest BCUT2D eigenvalue weighted by atomic mass is 9.82. The Morgan fingerprint density at radius 1 is 1.10 bits per heavy atom. The van der Waals surface area contributed by atoms with E-state index in [1.165, 1.54) is 5.56 Å². The van der Waals surface area contributed by atoms with Crippen molar-refractivity contribution in [3.05, 3.63) is 83.2 Å². The molecule has 150 valence electrons. The summed E-state index contributed by atoms with van der Waals surface area (Å²) in [6.07, 6.45) is 2.77. The van der Waals surface area contributed by atoms with Crippen molar-refractivity contribution in [1.82, 2.24) is 19.6 Å². The van der Waals surface area contributed by atoms with Crippen molar-refractivity contribution < 1.29 is 9.53 Å². The number of hydrogen-bond donors (Lipinski definition) is 0. The average molecular weight is 417 g/mol. The number of carbonyl (C=O) groups excluding carboxylic acids is 1. The van der Waals surface area contributed by atoms with Crippen molar-refractivity contribution in [1.29, 1.82) is 0 Å². The highest BCUT2D eigenvalue weighted by atomic mass is 32.2. The maximum atomic E-state index is 12.9. The predicted molar refractivity (Wildman–Crippen MR) is 115 cm³/mol. The van der Waals surface area contributed by atoms with Gasteiger partial charge in [-0.05, 0) is 23.6 Å². The fraction of sp³-hybridized carbons (Fsp3) is 0.217. The van der Waals surface area contributed by atoms with Crippen LogP contribution in [-0.4, -0.2) is 32.5 Å². The van der Waals surface area contributed by atoms with E-state index in [-0.39, 0.29) is 11.7 Å². The van der Waals surface area contributed by atoms with Crippen LogP contribution in [0.4, 0.5) is 0 Å². The molecule has 0 spiro atoms. The first-order chi connectivity index (χ1) is 14.7. The number of ether oxygens (including phenoxy) is 1. The summed E-state index contributed by atoms with van der Waals surface area (Å²) in [5.41, 5.74) is 3.76. The number of nitrogens with zero attached hydrogens (tertiary/aromatic N) is 4. The Hall–Kier alpha value is -3.19. The number of para-hydroxylation sites is 1. The molecule has 6 nitrogen and oxygen atoms in total. The second-order valence-electron chi connectivity index (χ2n) is 7.27. The first-order valence-corrected chi connectivity index (χ1v) is 10.8. The minimum atomic E-state index is 0.0383. The van der Waals surface area contributed by atoms with Crippen molar-refractivity contribution in [2.75, 3.05) is 7.11 Å². The van der Waals surface area contributed by atoms with Crippen LogP contribution < -0.4 is 4.74 Å². The number of carbonyl (C=O) groups is 1. The number of rotatable bonds is 5. The zero-order valence-electron chi connectivity index (χ0n) is 16.5. The zero-order chi connectivity index (χ0) is 20.5. The van der Waals surface area contributed by atoms with Crippen LogP contribution in [0.3, 0.4) is 0 Å². The summed E-state index contributed by atoms with van der Waals surface area (Å²) in [4.78, 5) is 21.8. The van der Waals surface area contributed by atoms with Crippen LogP contribution in [0.5, 0.6) is 5.75 Å². The number of aromatic nitrogens is 4. The summed E-state index contributed by atoms with van der Waals surface area (Å²) in [6.45, 7) is 0. The molecule has 0 radical (unpaired) electrons. The highest BCUT2D eigenvalue weighted by Crippen LogP contribution is 2.37. The van der Waals surface area contributed by atoms with E-state index in [1.807, 2.05) is 42.5 Å². The standard InChI is InChI=1S/C23H20N4O2S/c1-29-21-10-6-5-9-17(21)16-11-19-18(20(28)12-16)13-24-22-25-23(26-27(19)22)30-14-15-7-3-2-4-8-15/h2-10,13,16H,11-12,14H2,1H3. The normalized spacial score (nSPS) is 15.9. The van der Waals surface area contributed by atoms with Gasteiger partial charge in [-0.2, -0.15) is 9.50 Å². The molecule has 0 amide bonds. The Kier molecular flexibility index (Phi) is 4.96. The van der Waals surface area contributed by atoms with Crippen LogP contribution in [0, 0.1) is 0 Å². The van der Waals surface area contributed by atoms with E-state index in [1.54, 1.807) is 29.6 Å². The van der Waals surface area contributed by atoms with Crippen LogP contribution in [0.1, 0.15) is 39.5 Å². The van der Waals surface area contributed by atoms with Crippen LogP contribution in [0.15, 0.2) is 66.0 Å². The fourth-order valence-electron chi connectivity index (χ4n) is 3.94. The summed E-state index contributed by atoms with van der Waals surface area (Å²) < 4.78 is 7.26. The minimum Gasteiger partial charge on any atom is -0.496 e. The molecule has 1 atom stereocenters. The number of hydrogen-bond acceptors (Lipinski definition) is 6. The highest BCUT2D eigenvalue weighted by molar-refractivity contribution is 7.98. The van der Waals surface area contributed by atoms with Crippen molar-refractivity contribution in [3.8, 4) is 5.75 Å². The number of Topliss-reactive ketones (excluding diaryl/α,β-unsaturated/α-hetero) is 1. The summed E-state index contributed by atoms with van der Waals surface area (Å²) in [6, 6.07) is 18.1. The van der Waals surface area contributed by atoms with Gasteiger partial charge >= 0.3 is 0 Å². The highest BCUT2D eigenvalue weighted by Gasteiger charge is 2.31. The summed E-state index contributed by atoms with van der Waals surface area (Å²) in [7, 11) is 1.66. The van der Waals surface area contributed by atoms with Gasteiger partial charge in [-0.3, -0.25) is 4.79 Å². The predicted octanol–water partition coefficient (Wildman–Crippen LogP) is 4.34. The smallest absolute Gasteiger partial charge is 0.253 e. The molecule has 2 aromatic heterocycles. The van der Waals surface area contributed by atoms with E-state index >= 15 is 0 Å². The van der Waals surface area contributed by atoms with E-state index in [4.69, 9.17) is 4.74 Å². The van der Waals surface area contributed by atoms with Crippen molar-refractivity contribution in [2.24, 2.45) is 0 Å². The van der Waals surface area contributed by atoms with Crippen molar-refractivity contribution in [2.45, 2.75) is 29.7 Å². The number of ketones is 1. The first-order valence-electron chi connectivity index (χ1n) is 9.80. The molecule has 0 fully saturated rings. The number of thioether (sulfide) groups is 1. The molecule has 2 aromatic carbocycles. The van der Waals surface area contributed by atoms with Gasteiger partial charge in [-0.15, -0.1) is 5.10 Å². The van der Waals surface area contributed by atoms with Gasteiger partial charge in [0.2, 0.25) is 5.16 Å². The molecule has 0 bridgehead atoms. The van der Waals surface area contributed by atoms with Crippen LogP contribution in [0.2, 0.25) is 0 Å². The topological polar surface area (TPSA) is 69.4 Å². The molecule has 2 heterocycles. The van der Waals surface area contributed by atoms with Gasteiger partial charge in [-0.25, -0.2) is 4.98 Å². The molecule has 1 unspecified atom stereocenters. The molecule has 1 aliphatic rings. The molecule has 0 aliphatic heterocycles. The zero-order valence-corrected chi connectivity index (χ0v) is 17.3. The molecule has 7 heteroatoms. The molecule has 30 heavy (non-hydrogen) atoms. The molecule has 0 saturated carbocycles. The third-order valence-electron chi connectivity index (χ3n) is 5.41. The lowest BCUT2D eigenvalue weighted by Gasteiger charge is -2.25. The maximum absolute atomic E-state index is 12.9. The molecule has 0 N–H and O–H groups in total. The second-order valence-corrected chi connectivity index (χ2v) is 8.21. The van der Waals surface area contributed by atoms with Crippen molar-refractivity contribution in [3.63, 3.8) is 0 Å². The van der Waals surface area contributed by atoms with E-state index in [9.17, 15) is 4.79 Å². The average Bonchev–Trinajstić information content (AvgIpc) is 3.22. The number of fused-ring (bicyclic) bond motifs is 3. The van der Waals surface area contributed by atoms with Gasteiger partial charge < -0.3 is 4.74 Å². The Bertz CT molecular complexity index is 1220. The van der Waals surface area contributed by atoms with E-state index in [0.717, 1.165) is 22.8 Å². The SMILES string of the molecule is COc1ccccc1C1CC(=O)c2cnc3nc(SCc4ccccc4)nn3c2C1. The Morgan fingerprint density at radius 2 is 1.90 bits per heavy atom. The Morgan fingerprint density at radius 3 is 2.73 bits per heavy atom. The summed E-state index contributed by atoms with van der Waals surface area (Å²) in [5.74, 6) is 2.23. The summed E-state index contributed by atoms with van der Waals surface area (Å²) >= 11 is 1.57. The van der Waals surface area contributed by atoms with Gasteiger partial charge in [0.05, 0.1) is 18.4 Å². The monoisotopic (exact) mass is 416 g/mol. The third-order valence-corrected chi connectivity index (χ3v) is 6.32. The lowest BCUT2D eigenvalue weighted by Crippen LogP contribution is -2.22. The largest absolute Gasteiger partial charge is 0.496 e. The maximum Gasteiger partial charge on any atom is 0.253 e.